The zero-order chi connectivity index (χ0) is 22.9. The highest BCUT2D eigenvalue weighted by Crippen LogP contribution is 2.34. The highest BCUT2D eigenvalue weighted by molar-refractivity contribution is 7.92. The predicted molar refractivity (Wildman–Crippen MR) is 114 cm³/mol. The third-order valence-corrected chi connectivity index (χ3v) is 6.13. The lowest BCUT2D eigenvalue weighted by atomic mass is 10.0. The first kappa shape index (κ1) is 21.6. The number of sulfonamides is 1. The quantitative estimate of drug-likeness (QED) is 0.448. The molecule has 2 aromatic carbocycles. The summed E-state index contributed by atoms with van der Waals surface area (Å²) in [4.78, 5) is 3.13. The number of benzene rings is 2. The van der Waals surface area contributed by atoms with Crippen LogP contribution in [0.4, 0.5) is 18.9 Å². The smallest absolute Gasteiger partial charge is 0.264 e. The van der Waals surface area contributed by atoms with Crippen LogP contribution >= 0.6 is 0 Å². The SMILES string of the molecule is CCn1cc(-c2ccncc2)c(-c2cc(NS(=O)(=O)c3cc(F)ccc3F)ccc2F)n1. The number of nitrogens with one attached hydrogen (secondary N) is 1. The highest BCUT2D eigenvalue weighted by Gasteiger charge is 2.22. The first-order valence-electron chi connectivity index (χ1n) is 9.54. The van der Waals surface area contributed by atoms with Gasteiger partial charge in [0.25, 0.3) is 10.0 Å². The third-order valence-electron chi connectivity index (χ3n) is 4.73. The lowest BCUT2D eigenvalue weighted by Crippen LogP contribution is -2.15. The van der Waals surface area contributed by atoms with Crippen molar-refractivity contribution in [3.05, 3.63) is 84.6 Å². The van der Waals surface area contributed by atoms with Crippen LogP contribution in [-0.4, -0.2) is 23.2 Å². The van der Waals surface area contributed by atoms with Gasteiger partial charge in [-0.15, -0.1) is 0 Å². The third kappa shape index (κ3) is 4.22. The molecule has 2 heterocycles. The van der Waals surface area contributed by atoms with Crippen LogP contribution < -0.4 is 4.72 Å². The van der Waals surface area contributed by atoms with E-state index in [4.69, 9.17) is 0 Å². The van der Waals surface area contributed by atoms with Crippen LogP contribution in [0.3, 0.4) is 0 Å². The van der Waals surface area contributed by atoms with E-state index in [1.807, 2.05) is 6.92 Å². The van der Waals surface area contributed by atoms with Crippen LogP contribution in [0.25, 0.3) is 22.4 Å². The number of hydrogen-bond acceptors (Lipinski definition) is 4. The summed E-state index contributed by atoms with van der Waals surface area (Å²) >= 11 is 0. The monoisotopic (exact) mass is 458 g/mol. The van der Waals surface area contributed by atoms with Crippen LogP contribution in [0.2, 0.25) is 0 Å². The second-order valence-electron chi connectivity index (χ2n) is 6.86. The first-order chi connectivity index (χ1) is 15.3. The molecule has 6 nitrogen and oxygen atoms in total. The predicted octanol–water partition coefficient (Wildman–Crippen LogP) is 4.85. The Bertz CT molecular complexity index is 1390. The molecule has 0 bridgehead atoms. The maximum Gasteiger partial charge on any atom is 0.264 e. The van der Waals surface area contributed by atoms with Gasteiger partial charge in [-0.3, -0.25) is 14.4 Å². The lowest BCUT2D eigenvalue weighted by molar-refractivity contribution is 0.555. The fraction of sp³-hybridized carbons (Fsp3) is 0.0909. The molecule has 0 radical (unpaired) electrons. The molecule has 0 aliphatic rings. The number of nitrogens with zero attached hydrogens (tertiary/aromatic N) is 3. The van der Waals surface area contributed by atoms with Crippen LogP contribution in [0.1, 0.15) is 6.92 Å². The normalized spacial score (nSPS) is 11.5. The number of aryl methyl sites for hydroxylation is 1. The van der Waals surface area contributed by atoms with Crippen molar-refractivity contribution in [1.82, 2.24) is 14.8 Å². The average molecular weight is 458 g/mol. The van der Waals surface area contributed by atoms with E-state index < -0.39 is 32.4 Å². The van der Waals surface area contributed by atoms with Crippen LogP contribution in [0, 0.1) is 17.5 Å². The summed E-state index contributed by atoms with van der Waals surface area (Å²) in [5, 5.41) is 4.43. The number of anilines is 1. The fourth-order valence-corrected chi connectivity index (χ4v) is 4.33. The van der Waals surface area contributed by atoms with E-state index >= 15 is 0 Å². The number of halogens is 3. The van der Waals surface area contributed by atoms with Crippen molar-refractivity contribution in [2.75, 3.05) is 4.72 Å². The van der Waals surface area contributed by atoms with E-state index in [0.717, 1.165) is 23.8 Å². The Balaban J connectivity index is 1.78. The maximum absolute atomic E-state index is 14.8. The molecule has 0 atom stereocenters. The standard InChI is InChI=1S/C22H17F3N4O2S/c1-2-29-13-18(14-7-9-26-10-8-14)22(27-29)17-12-16(4-6-19(17)24)28-32(30,31)21-11-15(23)3-5-20(21)25/h3-13,28H,2H2,1H3. The fourth-order valence-electron chi connectivity index (χ4n) is 3.19. The Labute approximate surface area is 182 Å². The molecule has 0 spiro atoms. The first-order valence-corrected chi connectivity index (χ1v) is 11.0. The second kappa shape index (κ2) is 8.46. The minimum absolute atomic E-state index is 0.0308. The van der Waals surface area contributed by atoms with E-state index in [1.165, 1.54) is 12.1 Å². The lowest BCUT2D eigenvalue weighted by Gasteiger charge is -2.11. The molecular formula is C22H17F3N4O2S. The van der Waals surface area contributed by atoms with Crippen molar-refractivity contribution in [3.8, 4) is 22.4 Å². The molecule has 2 aromatic heterocycles. The zero-order valence-corrected chi connectivity index (χ0v) is 17.6. The molecule has 0 aliphatic carbocycles. The Morgan fingerprint density at radius 1 is 0.938 bits per heavy atom. The van der Waals surface area contributed by atoms with Gasteiger partial charge in [-0.1, -0.05) is 0 Å². The summed E-state index contributed by atoms with van der Waals surface area (Å²) in [6.45, 7) is 2.41. The number of hydrogen-bond donors (Lipinski definition) is 1. The summed E-state index contributed by atoms with van der Waals surface area (Å²) in [5.74, 6) is -2.64. The highest BCUT2D eigenvalue weighted by atomic mass is 32.2. The topological polar surface area (TPSA) is 76.9 Å². The summed E-state index contributed by atoms with van der Waals surface area (Å²) in [6.07, 6.45) is 4.94. The van der Waals surface area contributed by atoms with Gasteiger partial charge in [0.2, 0.25) is 0 Å². The van der Waals surface area contributed by atoms with Gasteiger partial charge in [0.15, 0.2) is 0 Å². The second-order valence-corrected chi connectivity index (χ2v) is 8.51. The molecule has 0 amide bonds. The van der Waals surface area contributed by atoms with Gasteiger partial charge in [-0.05, 0) is 61.0 Å². The average Bonchev–Trinajstić information content (AvgIpc) is 3.21. The molecule has 164 valence electrons. The van der Waals surface area contributed by atoms with Gasteiger partial charge in [-0.25, -0.2) is 21.6 Å². The van der Waals surface area contributed by atoms with E-state index in [0.29, 0.717) is 23.9 Å². The van der Waals surface area contributed by atoms with Gasteiger partial charge in [0.1, 0.15) is 28.0 Å². The van der Waals surface area contributed by atoms with Crippen molar-refractivity contribution >= 4 is 15.7 Å². The van der Waals surface area contributed by atoms with Crippen molar-refractivity contribution in [2.24, 2.45) is 0 Å². The van der Waals surface area contributed by atoms with Crippen molar-refractivity contribution in [3.63, 3.8) is 0 Å². The molecule has 0 unspecified atom stereocenters. The molecular weight excluding hydrogens is 441 g/mol. The number of rotatable bonds is 6. The molecule has 32 heavy (non-hydrogen) atoms. The van der Waals surface area contributed by atoms with Crippen molar-refractivity contribution in [2.45, 2.75) is 18.4 Å². The van der Waals surface area contributed by atoms with E-state index in [9.17, 15) is 21.6 Å². The Hall–Kier alpha value is -3.66. The van der Waals surface area contributed by atoms with Crippen LogP contribution in [0.15, 0.2) is 72.0 Å². The Morgan fingerprint density at radius 3 is 2.38 bits per heavy atom. The Morgan fingerprint density at radius 2 is 1.66 bits per heavy atom. The molecule has 4 rings (SSSR count). The van der Waals surface area contributed by atoms with Crippen molar-refractivity contribution < 1.29 is 21.6 Å². The van der Waals surface area contributed by atoms with Crippen LogP contribution in [0.5, 0.6) is 0 Å². The minimum Gasteiger partial charge on any atom is -0.280 e. The van der Waals surface area contributed by atoms with Gasteiger partial charge in [-0.2, -0.15) is 5.10 Å². The summed E-state index contributed by atoms with van der Waals surface area (Å²) < 4.78 is 71.3. The number of aromatic nitrogens is 3. The van der Waals surface area contributed by atoms with Crippen LogP contribution in [-0.2, 0) is 16.6 Å². The van der Waals surface area contributed by atoms with E-state index in [-0.39, 0.29) is 11.3 Å². The maximum atomic E-state index is 14.8. The van der Waals surface area contributed by atoms with Gasteiger partial charge < -0.3 is 0 Å². The molecule has 10 heteroatoms. The van der Waals surface area contributed by atoms with E-state index in [2.05, 4.69) is 14.8 Å². The molecule has 4 aromatic rings. The summed E-state index contributed by atoms with van der Waals surface area (Å²) in [6, 6.07) is 9.14. The molecule has 0 saturated carbocycles. The largest absolute Gasteiger partial charge is 0.280 e. The summed E-state index contributed by atoms with van der Waals surface area (Å²) in [7, 11) is -4.46. The van der Waals surface area contributed by atoms with Gasteiger partial charge >= 0.3 is 0 Å². The molecule has 0 fully saturated rings. The van der Waals surface area contributed by atoms with Gasteiger partial charge in [0, 0.05) is 41.9 Å². The number of pyridine rings is 1. The molecule has 1 N–H and O–H groups in total. The minimum atomic E-state index is -4.46. The Kier molecular flexibility index (Phi) is 5.70. The summed E-state index contributed by atoms with van der Waals surface area (Å²) in [5.41, 5.74) is 1.69. The van der Waals surface area contributed by atoms with Gasteiger partial charge in [0.05, 0.1) is 0 Å². The molecule has 0 saturated heterocycles. The van der Waals surface area contributed by atoms with E-state index in [1.54, 1.807) is 35.4 Å². The molecule has 0 aliphatic heterocycles. The zero-order valence-electron chi connectivity index (χ0n) is 16.8. The van der Waals surface area contributed by atoms with Crippen molar-refractivity contribution in [1.29, 1.82) is 0 Å².